The van der Waals surface area contributed by atoms with Gasteiger partial charge in [0, 0.05) is 54.7 Å². The number of aliphatic hydroxyl groups excluding tert-OH is 1. The van der Waals surface area contributed by atoms with Crippen LogP contribution < -0.4 is 0 Å². The van der Waals surface area contributed by atoms with Gasteiger partial charge < -0.3 is 9.52 Å². The topological polar surface area (TPSA) is 76.2 Å². The summed E-state index contributed by atoms with van der Waals surface area (Å²) < 4.78 is 5.88. The van der Waals surface area contributed by atoms with E-state index in [1.807, 2.05) is 46.1 Å². The Labute approximate surface area is 307 Å². The van der Waals surface area contributed by atoms with Crippen LogP contribution >= 0.6 is 0 Å². The molecule has 0 unspecified atom stereocenters. The van der Waals surface area contributed by atoms with E-state index >= 15 is 0 Å². The maximum atomic E-state index is 11.7. The molecule has 0 aliphatic heterocycles. The molecule has 0 atom stereocenters. The zero-order valence-corrected chi connectivity index (χ0v) is 33.1. The smallest absolute Gasteiger partial charge is 0.162 e. The minimum Gasteiger partial charge on any atom is -0.512 e. The number of hydrogen-bond acceptors (Lipinski definition) is 5. The van der Waals surface area contributed by atoms with Crippen molar-refractivity contribution in [2.75, 3.05) is 0 Å². The molecule has 0 aliphatic carbocycles. The average Bonchev–Trinajstić information content (AvgIpc) is 3.47. The van der Waals surface area contributed by atoms with Crippen molar-refractivity contribution in [1.29, 1.82) is 0 Å². The fourth-order valence-electron chi connectivity index (χ4n) is 6.38. The van der Waals surface area contributed by atoms with Gasteiger partial charge in [0.1, 0.15) is 11.9 Å². The van der Waals surface area contributed by atoms with Gasteiger partial charge in [-0.1, -0.05) is 104 Å². The average molecular weight is 838 g/mol. The van der Waals surface area contributed by atoms with Gasteiger partial charge in [0.2, 0.25) is 0 Å². The fourth-order valence-corrected chi connectivity index (χ4v) is 6.38. The zero-order valence-electron chi connectivity index (χ0n) is 30.7. The third-order valence-corrected chi connectivity index (χ3v) is 9.19. The molecule has 49 heavy (non-hydrogen) atoms. The molecule has 6 heteroatoms. The Kier molecular flexibility index (Phi) is 14.5. The van der Waals surface area contributed by atoms with Crippen LogP contribution in [0.3, 0.4) is 0 Å². The third kappa shape index (κ3) is 9.77. The molecule has 1 N–H and O–H groups in total. The van der Waals surface area contributed by atoms with Gasteiger partial charge in [0.15, 0.2) is 5.78 Å². The standard InChI is InChI=1S/C30H29N2O.C13H24O2.Ir/c1-19(2)13-22-17-33-28-12-8-11-24(29(22)28)27-16-26(31-18-32-27)21-14-20-9-6-7-10-23(20)25(15-21)30(3,4)5;1-5-10(6-2)12(14)9-13(15)11(7-3)8-4;/h6-12,15-19H,13H2,1-5H3;9-11,14H,5-8H2,1-4H3;/q-1;;/b;12-9-;. The number of aromatic nitrogens is 2. The number of hydrogen-bond donors (Lipinski definition) is 1. The number of ketones is 1. The van der Waals surface area contributed by atoms with Crippen molar-refractivity contribution in [2.24, 2.45) is 17.8 Å². The van der Waals surface area contributed by atoms with E-state index in [0.29, 0.717) is 5.92 Å². The number of benzene rings is 3. The molecule has 0 aliphatic rings. The summed E-state index contributed by atoms with van der Waals surface area (Å²) in [6.45, 7) is 19.3. The molecule has 0 amide bonds. The minimum atomic E-state index is 0. The van der Waals surface area contributed by atoms with Crippen LogP contribution in [0.25, 0.3) is 44.3 Å². The van der Waals surface area contributed by atoms with Gasteiger partial charge in [-0.3, -0.25) is 9.78 Å². The van der Waals surface area contributed by atoms with Gasteiger partial charge in [-0.15, -0.1) is 29.1 Å². The van der Waals surface area contributed by atoms with Crippen LogP contribution in [0.1, 0.15) is 99.1 Å². The quantitative estimate of drug-likeness (QED) is 0.0815. The third-order valence-electron chi connectivity index (χ3n) is 9.19. The van der Waals surface area contributed by atoms with Crippen molar-refractivity contribution < 1.29 is 34.4 Å². The first-order valence-corrected chi connectivity index (χ1v) is 17.6. The van der Waals surface area contributed by atoms with Crippen LogP contribution in [-0.2, 0) is 36.7 Å². The SMILES string of the molecule is CC(C)Cc1coc2cccc(-c3cc(-c4[c-]c5ccccc5c(C(C)(C)C)c4)ncn3)c12.CCC(CC)C(=O)/C=C(\O)C(CC)CC.[Ir]. The molecule has 0 bridgehead atoms. The predicted molar refractivity (Wildman–Crippen MR) is 200 cm³/mol. The Balaban J connectivity index is 0.000000347. The molecular weight excluding hydrogens is 785 g/mol. The van der Waals surface area contributed by atoms with E-state index in [4.69, 9.17) is 4.42 Å². The largest absolute Gasteiger partial charge is 0.512 e. The van der Waals surface area contributed by atoms with E-state index in [0.717, 1.165) is 71.0 Å². The Morgan fingerprint density at radius 3 is 2.18 bits per heavy atom. The number of carbonyl (C=O) groups excluding carboxylic acids is 1. The van der Waals surface area contributed by atoms with Crippen molar-refractivity contribution >= 4 is 27.5 Å². The van der Waals surface area contributed by atoms with E-state index in [9.17, 15) is 9.90 Å². The second-order valence-corrected chi connectivity index (χ2v) is 14.2. The van der Waals surface area contributed by atoms with Crippen LogP contribution in [0.15, 0.2) is 83.4 Å². The van der Waals surface area contributed by atoms with Crippen molar-refractivity contribution in [3.63, 3.8) is 0 Å². The number of aliphatic hydroxyl groups is 1. The van der Waals surface area contributed by atoms with E-state index in [2.05, 4.69) is 93.1 Å². The van der Waals surface area contributed by atoms with Gasteiger partial charge in [0.05, 0.1) is 17.7 Å². The summed E-state index contributed by atoms with van der Waals surface area (Å²) in [7, 11) is 0. The summed E-state index contributed by atoms with van der Waals surface area (Å²) in [6.07, 6.45) is 9.42. The summed E-state index contributed by atoms with van der Waals surface area (Å²) in [4.78, 5) is 21.0. The molecule has 0 fully saturated rings. The Hall–Kier alpha value is -3.60. The fraction of sp³-hybridized carbons (Fsp3) is 0.419. The summed E-state index contributed by atoms with van der Waals surface area (Å²) in [5, 5.41) is 13.3. The number of nitrogens with zero attached hydrogens (tertiary/aromatic N) is 2. The summed E-state index contributed by atoms with van der Waals surface area (Å²) in [5.41, 5.74) is 7.27. The summed E-state index contributed by atoms with van der Waals surface area (Å²) in [5.74, 6) is 1.09. The molecule has 5 nitrogen and oxygen atoms in total. The zero-order chi connectivity index (χ0) is 35.0. The van der Waals surface area contributed by atoms with Crippen LogP contribution in [0.2, 0.25) is 0 Å². The number of carbonyl (C=O) groups is 1. The van der Waals surface area contributed by atoms with Crippen LogP contribution in [0.5, 0.6) is 0 Å². The minimum absolute atomic E-state index is 0. The van der Waals surface area contributed by atoms with E-state index in [1.165, 1.54) is 22.6 Å². The maximum absolute atomic E-state index is 11.7. The van der Waals surface area contributed by atoms with Gasteiger partial charge in [-0.2, -0.15) is 0 Å². The number of furan rings is 1. The number of fused-ring (bicyclic) bond motifs is 2. The van der Waals surface area contributed by atoms with E-state index < -0.39 is 0 Å². The van der Waals surface area contributed by atoms with E-state index in [-0.39, 0.29) is 48.9 Å². The Morgan fingerprint density at radius 1 is 0.898 bits per heavy atom. The second-order valence-electron chi connectivity index (χ2n) is 14.2. The molecule has 1 radical (unpaired) electrons. The summed E-state index contributed by atoms with van der Waals surface area (Å²) in [6, 6.07) is 22.5. The van der Waals surface area contributed by atoms with Crippen molar-refractivity contribution in [3.05, 3.63) is 96.2 Å². The molecule has 0 saturated heterocycles. The van der Waals surface area contributed by atoms with Crippen LogP contribution in [0, 0.1) is 23.8 Å². The molecule has 2 aromatic heterocycles. The first kappa shape index (κ1) is 39.8. The van der Waals surface area contributed by atoms with Gasteiger partial charge >= 0.3 is 0 Å². The van der Waals surface area contributed by atoms with Gasteiger partial charge in [0.25, 0.3) is 0 Å². The first-order valence-electron chi connectivity index (χ1n) is 17.6. The van der Waals surface area contributed by atoms with Crippen LogP contribution in [0.4, 0.5) is 0 Å². The summed E-state index contributed by atoms with van der Waals surface area (Å²) >= 11 is 0. The maximum Gasteiger partial charge on any atom is 0.162 e. The van der Waals surface area contributed by atoms with Crippen LogP contribution in [-0.4, -0.2) is 20.9 Å². The monoisotopic (exact) mass is 838 g/mol. The van der Waals surface area contributed by atoms with Gasteiger partial charge in [-0.05, 0) is 61.1 Å². The van der Waals surface area contributed by atoms with Crippen molar-refractivity contribution in [3.8, 4) is 22.5 Å². The number of allylic oxidation sites excluding steroid dienone is 2. The molecule has 0 spiro atoms. The molecule has 2 heterocycles. The molecule has 5 aromatic rings. The molecule has 3 aromatic carbocycles. The molecule has 5 rings (SSSR count). The van der Waals surface area contributed by atoms with Gasteiger partial charge in [-0.25, -0.2) is 4.98 Å². The van der Waals surface area contributed by atoms with Crippen molar-refractivity contribution in [2.45, 2.75) is 99.8 Å². The Morgan fingerprint density at radius 2 is 1.55 bits per heavy atom. The Bertz CT molecular complexity index is 1860. The predicted octanol–water partition coefficient (Wildman–Crippen LogP) is 11.9. The van der Waals surface area contributed by atoms with Crippen molar-refractivity contribution in [1.82, 2.24) is 9.97 Å². The second kappa shape index (κ2) is 17.9. The van der Waals surface area contributed by atoms with E-state index in [1.54, 1.807) is 6.33 Å². The molecule has 263 valence electrons. The molecule has 0 saturated carbocycles. The normalized spacial score (nSPS) is 12.0. The first-order chi connectivity index (χ1) is 22.9. The number of rotatable bonds is 11. The molecular formula is C43H53IrN2O3-.